The van der Waals surface area contributed by atoms with Crippen LogP contribution in [0, 0.1) is 22.6 Å². The Kier molecular flexibility index (Phi) is 6.71. The number of nitrogens with zero attached hydrogens (tertiary/aromatic N) is 4. The first-order chi connectivity index (χ1) is 16.3. The predicted molar refractivity (Wildman–Crippen MR) is 128 cm³/mol. The quantitative estimate of drug-likeness (QED) is 0.557. The number of rotatable bonds is 7. The fraction of sp³-hybridized carbons (Fsp3) is 0.333. The zero-order chi connectivity index (χ0) is 24.2. The average Bonchev–Trinajstić information content (AvgIpc) is 3.32. The van der Waals surface area contributed by atoms with Crippen molar-refractivity contribution in [3.8, 4) is 6.07 Å². The van der Waals surface area contributed by atoms with Gasteiger partial charge in [-0.25, -0.2) is 9.37 Å². The number of likely N-dealkylation sites (tertiary alicyclic amines) is 1. The summed E-state index contributed by atoms with van der Waals surface area (Å²) in [5.74, 6) is -0.826. The normalized spacial score (nSPS) is 18.4. The monoisotopic (exact) mass is 457 g/mol. The highest BCUT2D eigenvalue weighted by atomic mass is 19.1. The minimum atomic E-state index is -0.718. The lowest BCUT2D eigenvalue weighted by molar-refractivity contribution is -0.125. The second-order valence-electron chi connectivity index (χ2n) is 9.32. The van der Waals surface area contributed by atoms with Crippen molar-refractivity contribution < 1.29 is 9.18 Å². The number of carbonyl (C=O) groups is 1. The molecule has 174 valence electrons. The minimum absolute atomic E-state index is 0.0484. The Labute approximate surface area is 199 Å². The molecule has 0 bridgehead atoms. The van der Waals surface area contributed by atoms with Crippen molar-refractivity contribution in [1.82, 2.24) is 14.9 Å². The molecule has 34 heavy (non-hydrogen) atoms. The molecule has 1 amide bonds. The molecule has 1 saturated heterocycles. The van der Waals surface area contributed by atoms with E-state index in [-0.39, 0.29) is 17.3 Å². The molecule has 6 nitrogen and oxygen atoms in total. The van der Waals surface area contributed by atoms with E-state index in [1.165, 1.54) is 18.3 Å². The van der Waals surface area contributed by atoms with Crippen molar-refractivity contribution in [2.45, 2.75) is 38.6 Å². The Morgan fingerprint density at radius 2 is 1.91 bits per heavy atom. The number of anilines is 1. The van der Waals surface area contributed by atoms with Gasteiger partial charge in [0.15, 0.2) is 11.6 Å². The molecule has 1 fully saturated rings. The summed E-state index contributed by atoms with van der Waals surface area (Å²) in [5, 5.41) is 11.8. The highest BCUT2D eigenvalue weighted by Gasteiger charge is 2.48. The maximum atomic E-state index is 14.2. The molecule has 0 unspecified atom stereocenters. The Balaban J connectivity index is 1.59. The average molecular weight is 458 g/mol. The van der Waals surface area contributed by atoms with Crippen LogP contribution in [0.4, 0.5) is 10.2 Å². The van der Waals surface area contributed by atoms with E-state index in [0.717, 1.165) is 17.8 Å². The van der Waals surface area contributed by atoms with Crippen LogP contribution >= 0.6 is 0 Å². The molecular weight excluding hydrogens is 429 g/mol. The molecule has 1 aromatic carbocycles. The molecule has 4 rings (SSSR count). The van der Waals surface area contributed by atoms with Crippen LogP contribution in [0.15, 0.2) is 67.0 Å². The fourth-order valence-corrected chi connectivity index (χ4v) is 4.59. The third-order valence-corrected chi connectivity index (χ3v) is 6.88. The van der Waals surface area contributed by atoms with Gasteiger partial charge < -0.3 is 5.32 Å². The number of nitrogens with one attached hydrogen (secondary N) is 1. The molecule has 0 aliphatic carbocycles. The fourth-order valence-electron chi connectivity index (χ4n) is 4.59. The number of hydrogen-bond donors (Lipinski definition) is 1. The van der Waals surface area contributed by atoms with Gasteiger partial charge in [-0.2, -0.15) is 5.26 Å². The molecule has 1 aliphatic heterocycles. The van der Waals surface area contributed by atoms with E-state index in [0.29, 0.717) is 31.4 Å². The molecule has 1 aliphatic rings. The third-order valence-electron chi connectivity index (χ3n) is 6.88. The molecule has 0 spiro atoms. The van der Waals surface area contributed by atoms with Gasteiger partial charge >= 0.3 is 0 Å². The third kappa shape index (κ3) is 4.82. The minimum Gasteiger partial charge on any atom is -0.308 e. The largest absolute Gasteiger partial charge is 0.308 e. The van der Waals surface area contributed by atoms with Gasteiger partial charge in [-0.1, -0.05) is 18.2 Å². The summed E-state index contributed by atoms with van der Waals surface area (Å²) in [6, 6.07) is 18.2. The molecular formula is C27H28FN5O. The van der Waals surface area contributed by atoms with Crippen molar-refractivity contribution in [2.75, 3.05) is 18.4 Å². The van der Waals surface area contributed by atoms with Gasteiger partial charge in [0.25, 0.3) is 0 Å². The Hall–Kier alpha value is -3.63. The summed E-state index contributed by atoms with van der Waals surface area (Å²) in [5.41, 5.74) is 1.51. The first-order valence-electron chi connectivity index (χ1n) is 11.4. The molecule has 0 saturated carbocycles. The van der Waals surface area contributed by atoms with Crippen molar-refractivity contribution in [3.63, 3.8) is 0 Å². The second kappa shape index (κ2) is 9.70. The number of aromatic nitrogens is 2. The van der Waals surface area contributed by atoms with Crippen molar-refractivity contribution in [2.24, 2.45) is 5.41 Å². The molecule has 0 radical (unpaired) electrons. The van der Waals surface area contributed by atoms with Crippen LogP contribution in [0.5, 0.6) is 0 Å². The molecule has 1 atom stereocenters. The van der Waals surface area contributed by atoms with Gasteiger partial charge in [0.2, 0.25) is 5.91 Å². The van der Waals surface area contributed by atoms with Gasteiger partial charge in [0, 0.05) is 25.5 Å². The van der Waals surface area contributed by atoms with E-state index in [1.807, 2.05) is 30.3 Å². The van der Waals surface area contributed by atoms with Crippen LogP contribution < -0.4 is 5.32 Å². The maximum Gasteiger partial charge on any atom is 0.233 e. The van der Waals surface area contributed by atoms with Gasteiger partial charge in [0.05, 0.1) is 28.3 Å². The van der Waals surface area contributed by atoms with Gasteiger partial charge in [-0.3, -0.25) is 14.7 Å². The lowest BCUT2D eigenvalue weighted by Crippen LogP contribution is -2.45. The molecule has 2 aromatic heterocycles. The van der Waals surface area contributed by atoms with E-state index in [4.69, 9.17) is 5.26 Å². The summed E-state index contributed by atoms with van der Waals surface area (Å²) in [4.78, 5) is 24.5. The van der Waals surface area contributed by atoms with E-state index < -0.39 is 11.2 Å². The van der Waals surface area contributed by atoms with Crippen LogP contribution in [-0.2, 0) is 16.8 Å². The second-order valence-corrected chi connectivity index (χ2v) is 9.32. The number of aryl methyl sites for hydroxylation is 1. The van der Waals surface area contributed by atoms with Gasteiger partial charge in [-0.15, -0.1) is 0 Å². The summed E-state index contributed by atoms with van der Waals surface area (Å²) < 4.78 is 14.2. The standard InChI is InChI=1S/C27H28FN5O/c1-26(2,23-7-3-4-15-30-23)33-17-14-27(19-33,13-12-20-8-10-21(18-29)11-9-20)25(34)32-24-22(28)6-5-16-31-24/h3-11,15-16H,12-14,17,19H2,1-2H3,(H,31,32,34)/t27-/m1/s1. The summed E-state index contributed by atoms with van der Waals surface area (Å²) in [6.45, 7) is 5.47. The van der Waals surface area contributed by atoms with Crippen LogP contribution in [0.25, 0.3) is 0 Å². The summed E-state index contributed by atoms with van der Waals surface area (Å²) >= 11 is 0. The molecule has 3 aromatic rings. The predicted octanol–water partition coefficient (Wildman–Crippen LogP) is 4.69. The SMILES string of the molecule is CC(C)(c1ccccn1)N1CC[C@@](CCc2ccc(C#N)cc2)(C(=O)Nc2ncccc2F)C1. The number of hydrogen-bond acceptors (Lipinski definition) is 5. The maximum absolute atomic E-state index is 14.2. The Morgan fingerprint density at radius 1 is 1.15 bits per heavy atom. The number of benzene rings is 1. The lowest BCUT2D eigenvalue weighted by atomic mass is 9.80. The van der Waals surface area contributed by atoms with Crippen LogP contribution in [-0.4, -0.2) is 33.9 Å². The number of nitriles is 1. The summed E-state index contributed by atoms with van der Waals surface area (Å²) in [6.07, 6.45) is 5.14. The Bertz CT molecular complexity index is 1190. The molecule has 1 N–H and O–H groups in total. The summed E-state index contributed by atoms with van der Waals surface area (Å²) in [7, 11) is 0. The number of amides is 1. The van der Waals surface area contributed by atoms with E-state index in [1.54, 1.807) is 18.3 Å². The number of halogens is 1. The van der Waals surface area contributed by atoms with E-state index >= 15 is 0 Å². The smallest absolute Gasteiger partial charge is 0.233 e. The van der Waals surface area contributed by atoms with Crippen molar-refractivity contribution in [3.05, 3.63) is 89.6 Å². The number of carbonyl (C=O) groups excluding carboxylic acids is 1. The molecule has 7 heteroatoms. The van der Waals surface area contributed by atoms with Crippen LogP contribution in [0.1, 0.15) is 43.5 Å². The topological polar surface area (TPSA) is 81.9 Å². The van der Waals surface area contributed by atoms with Gasteiger partial charge in [0.1, 0.15) is 0 Å². The van der Waals surface area contributed by atoms with Crippen molar-refractivity contribution in [1.29, 1.82) is 5.26 Å². The Morgan fingerprint density at radius 3 is 2.59 bits per heavy atom. The molecule has 3 heterocycles. The van der Waals surface area contributed by atoms with Crippen LogP contribution in [0.2, 0.25) is 0 Å². The first kappa shape index (κ1) is 23.5. The number of pyridine rings is 2. The van der Waals surface area contributed by atoms with Crippen LogP contribution in [0.3, 0.4) is 0 Å². The van der Waals surface area contributed by atoms with Gasteiger partial charge in [-0.05, 0) is 75.1 Å². The van der Waals surface area contributed by atoms with E-state index in [2.05, 4.69) is 40.1 Å². The van der Waals surface area contributed by atoms with E-state index in [9.17, 15) is 9.18 Å². The highest BCUT2D eigenvalue weighted by molar-refractivity contribution is 5.95. The first-order valence-corrected chi connectivity index (χ1v) is 11.4. The van der Waals surface area contributed by atoms with Crippen molar-refractivity contribution >= 4 is 11.7 Å². The zero-order valence-electron chi connectivity index (χ0n) is 19.5. The lowest BCUT2D eigenvalue weighted by Gasteiger charge is -2.37. The highest BCUT2D eigenvalue weighted by Crippen LogP contribution is 2.42. The zero-order valence-corrected chi connectivity index (χ0v) is 19.5.